The quantitative estimate of drug-likeness (QED) is 0.811. The van der Waals surface area contributed by atoms with Gasteiger partial charge in [0.25, 0.3) is 0 Å². The number of halogens is 1. The Labute approximate surface area is 110 Å². The molecule has 0 bridgehead atoms. The molecule has 1 saturated carbocycles. The van der Waals surface area contributed by atoms with Gasteiger partial charge in [0.2, 0.25) is 0 Å². The number of hydrogen-bond donors (Lipinski definition) is 1. The summed E-state index contributed by atoms with van der Waals surface area (Å²) in [4.78, 5) is 0. The van der Waals surface area contributed by atoms with Gasteiger partial charge in [0, 0.05) is 0 Å². The average molecular weight is 249 g/mol. The Hall–Kier alpha value is -0.890. The fourth-order valence-electron chi connectivity index (χ4n) is 2.65. The maximum atomic E-state index is 12.8. The summed E-state index contributed by atoms with van der Waals surface area (Å²) in [6.07, 6.45) is 2.36. The van der Waals surface area contributed by atoms with Crippen molar-refractivity contribution in [3.8, 4) is 0 Å². The van der Waals surface area contributed by atoms with Crippen LogP contribution in [-0.2, 0) is 6.42 Å². The highest BCUT2D eigenvalue weighted by Gasteiger charge is 2.48. The lowest BCUT2D eigenvalue weighted by atomic mass is 9.96. The molecule has 2 heteroatoms. The number of hydrogen-bond acceptors (Lipinski definition) is 1. The summed E-state index contributed by atoms with van der Waals surface area (Å²) < 4.78 is 12.8. The van der Waals surface area contributed by atoms with Gasteiger partial charge >= 0.3 is 0 Å². The zero-order valence-corrected chi connectivity index (χ0v) is 11.7. The molecule has 1 aliphatic rings. The lowest BCUT2D eigenvalue weighted by Crippen LogP contribution is -2.23. The molecule has 2 rings (SSSR count). The molecule has 0 amide bonds. The molecule has 0 aliphatic heterocycles. The third-order valence-corrected chi connectivity index (χ3v) is 4.00. The Morgan fingerprint density at radius 2 is 2.00 bits per heavy atom. The van der Waals surface area contributed by atoms with Crippen LogP contribution in [0.4, 0.5) is 4.39 Å². The fourth-order valence-corrected chi connectivity index (χ4v) is 2.65. The highest BCUT2D eigenvalue weighted by atomic mass is 19.1. The highest BCUT2D eigenvalue weighted by molar-refractivity contribution is 5.20. The molecule has 2 atom stereocenters. The van der Waals surface area contributed by atoms with Crippen LogP contribution >= 0.6 is 0 Å². The summed E-state index contributed by atoms with van der Waals surface area (Å²) in [5.41, 5.74) is 1.67. The lowest BCUT2D eigenvalue weighted by molar-refractivity contribution is 0.458. The van der Waals surface area contributed by atoms with Crippen LogP contribution < -0.4 is 5.32 Å². The van der Waals surface area contributed by atoms with E-state index >= 15 is 0 Å². The van der Waals surface area contributed by atoms with Crippen molar-refractivity contribution in [3.05, 3.63) is 35.6 Å². The molecule has 1 aromatic rings. The SMILES string of the molecule is CC(C)CNCC1CC1(C)Cc1ccc(F)cc1. The van der Waals surface area contributed by atoms with Gasteiger partial charge in [-0.05, 0) is 60.9 Å². The van der Waals surface area contributed by atoms with Gasteiger partial charge in [-0.15, -0.1) is 0 Å². The van der Waals surface area contributed by atoms with Crippen LogP contribution in [0.1, 0.15) is 32.8 Å². The predicted molar refractivity (Wildman–Crippen MR) is 74.0 cm³/mol. The minimum absolute atomic E-state index is 0.144. The van der Waals surface area contributed by atoms with E-state index in [1.54, 1.807) is 12.1 Å². The van der Waals surface area contributed by atoms with Crippen LogP contribution in [0, 0.1) is 23.1 Å². The molecule has 1 aliphatic carbocycles. The van der Waals surface area contributed by atoms with Crippen molar-refractivity contribution in [2.75, 3.05) is 13.1 Å². The Morgan fingerprint density at radius 3 is 2.61 bits per heavy atom. The van der Waals surface area contributed by atoms with E-state index in [9.17, 15) is 4.39 Å². The van der Waals surface area contributed by atoms with Crippen LogP contribution in [0.3, 0.4) is 0 Å². The minimum Gasteiger partial charge on any atom is -0.316 e. The molecular weight excluding hydrogens is 225 g/mol. The second-order valence-electron chi connectivity index (χ2n) is 6.41. The van der Waals surface area contributed by atoms with Crippen molar-refractivity contribution in [2.24, 2.45) is 17.3 Å². The average Bonchev–Trinajstić information content (AvgIpc) is 2.92. The van der Waals surface area contributed by atoms with Crippen LogP contribution in [0.25, 0.3) is 0 Å². The summed E-state index contributed by atoms with van der Waals surface area (Å²) in [7, 11) is 0. The van der Waals surface area contributed by atoms with Crippen molar-refractivity contribution in [1.29, 1.82) is 0 Å². The predicted octanol–water partition coefficient (Wildman–Crippen LogP) is 3.64. The van der Waals surface area contributed by atoms with E-state index in [0.29, 0.717) is 11.3 Å². The first-order valence-corrected chi connectivity index (χ1v) is 6.95. The van der Waals surface area contributed by atoms with Crippen molar-refractivity contribution >= 4 is 0 Å². The molecule has 18 heavy (non-hydrogen) atoms. The zero-order chi connectivity index (χ0) is 13.2. The summed E-state index contributed by atoms with van der Waals surface area (Å²) >= 11 is 0. The van der Waals surface area contributed by atoms with E-state index in [4.69, 9.17) is 0 Å². The fraction of sp³-hybridized carbons (Fsp3) is 0.625. The van der Waals surface area contributed by atoms with Crippen LogP contribution in [0.15, 0.2) is 24.3 Å². The largest absolute Gasteiger partial charge is 0.316 e. The smallest absolute Gasteiger partial charge is 0.123 e. The first kappa shape index (κ1) is 13.5. The van der Waals surface area contributed by atoms with E-state index in [-0.39, 0.29) is 5.82 Å². The number of nitrogens with one attached hydrogen (secondary N) is 1. The molecule has 1 nitrogen and oxygen atoms in total. The normalized spacial score (nSPS) is 26.6. The Bertz CT molecular complexity index is 385. The van der Waals surface area contributed by atoms with E-state index in [1.807, 2.05) is 12.1 Å². The number of benzene rings is 1. The van der Waals surface area contributed by atoms with Crippen LogP contribution in [-0.4, -0.2) is 13.1 Å². The van der Waals surface area contributed by atoms with E-state index < -0.39 is 0 Å². The monoisotopic (exact) mass is 249 g/mol. The molecule has 0 aromatic heterocycles. The molecule has 2 unspecified atom stereocenters. The van der Waals surface area contributed by atoms with Crippen molar-refractivity contribution in [2.45, 2.75) is 33.6 Å². The second-order valence-corrected chi connectivity index (χ2v) is 6.41. The molecule has 0 heterocycles. The van der Waals surface area contributed by atoms with Gasteiger partial charge in [0.05, 0.1) is 0 Å². The number of rotatable bonds is 6. The van der Waals surface area contributed by atoms with Crippen molar-refractivity contribution < 1.29 is 4.39 Å². The van der Waals surface area contributed by atoms with Crippen molar-refractivity contribution in [1.82, 2.24) is 5.32 Å². The molecule has 0 spiro atoms. The highest BCUT2D eigenvalue weighted by Crippen LogP contribution is 2.53. The first-order valence-electron chi connectivity index (χ1n) is 6.95. The third kappa shape index (κ3) is 3.55. The topological polar surface area (TPSA) is 12.0 Å². The Morgan fingerprint density at radius 1 is 1.33 bits per heavy atom. The molecule has 100 valence electrons. The standard InChI is InChI=1S/C16H24FN/c1-12(2)10-18-11-14-9-16(14,3)8-13-4-6-15(17)7-5-13/h4-7,12,14,18H,8-11H2,1-3H3. The third-order valence-electron chi connectivity index (χ3n) is 4.00. The van der Waals surface area contributed by atoms with Gasteiger partial charge in [-0.2, -0.15) is 0 Å². The zero-order valence-electron chi connectivity index (χ0n) is 11.7. The molecule has 1 N–H and O–H groups in total. The molecule has 0 radical (unpaired) electrons. The summed E-state index contributed by atoms with van der Waals surface area (Å²) in [5.74, 6) is 1.35. The van der Waals surface area contributed by atoms with E-state index in [0.717, 1.165) is 25.4 Å². The van der Waals surface area contributed by atoms with Gasteiger partial charge in [-0.25, -0.2) is 4.39 Å². The van der Waals surface area contributed by atoms with Gasteiger partial charge in [-0.1, -0.05) is 32.9 Å². The maximum Gasteiger partial charge on any atom is 0.123 e. The lowest BCUT2D eigenvalue weighted by Gasteiger charge is -2.13. The Kier molecular flexibility index (Phi) is 4.06. The van der Waals surface area contributed by atoms with Gasteiger partial charge < -0.3 is 5.32 Å². The Balaban J connectivity index is 1.78. The van der Waals surface area contributed by atoms with Crippen LogP contribution in [0.2, 0.25) is 0 Å². The summed E-state index contributed by atoms with van der Waals surface area (Å²) in [6.45, 7) is 9.03. The van der Waals surface area contributed by atoms with Gasteiger partial charge in [-0.3, -0.25) is 0 Å². The van der Waals surface area contributed by atoms with Crippen LogP contribution in [0.5, 0.6) is 0 Å². The summed E-state index contributed by atoms with van der Waals surface area (Å²) in [5, 5.41) is 3.54. The summed E-state index contributed by atoms with van der Waals surface area (Å²) in [6, 6.07) is 6.95. The van der Waals surface area contributed by atoms with E-state index in [1.165, 1.54) is 12.0 Å². The minimum atomic E-state index is -0.144. The first-order chi connectivity index (χ1) is 8.49. The van der Waals surface area contributed by atoms with Gasteiger partial charge in [0.1, 0.15) is 5.82 Å². The molecule has 1 aromatic carbocycles. The van der Waals surface area contributed by atoms with E-state index in [2.05, 4.69) is 26.1 Å². The van der Waals surface area contributed by atoms with Gasteiger partial charge in [0.15, 0.2) is 0 Å². The molecular formula is C16H24FN. The molecule has 1 fully saturated rings. The van der Waals surface area contributed by atoms with Crippen molar-refractivity contribution in [3.63, 3.8) is 0 Å². The molecule has 0 saturated heterocycles. The second kappa shape index (κ2) is 5.40. The maximum absolute atomic E-state index is 12.8.